The summed E-state index contributed by atoms with van der Waals surface area (Å²) in [6.45, 7) is 2.26. The van der Waals surface area contributed by atoms with Crippen LogP contribution in [-0.2, 0) is 0 Å². The fourth-order valence-electron chi connectivity index (χ4n) is 4.15. The molecule has 1 aromatic carbocycles. The zero-order chi connectivity index (χ0) is 14.2. The summed E-state index contributed by atoms with van der Waals surface area (Å²) in [4.78, 5) is 0. The highest BCUT2D eigenvalue weighted by atomic mass is 15.3. The normalized spacial score (nSPS) is 28.9. The minimum Gasteiger partial charge on any atom is -0.307 e. The van der Waals surface area contributed by atoms with Gasteiger partial charge in [-0.25, -0.2) is 4.68 Å². The summed E-state index contributed by atoms with van der Waals surface area (Å²) in [6.07, 6.45) is 9.87. The second kappa shape index (κ2) is 5.30. The molecule has 1 aromatic heterocycles. The Morgan fingerprint density at radius 3 is 2.76 bits per heavy atom. The molecular weight excluding hydrogens is 258 g/mol. The molecule has 21 heavy (non-hydrogen) atoms. The maximum absolute atomic E-state index is 4.51. The van der Waals surface area contributed by atoms with Crippen LogP contribution >= 0.6 is 0 Å². The van der Waals surface area contributed by atoms with Crippen LogP contribution in [0.4, 0.5) is 0 Å². The summed E-state index contributed by atoms with van der Waals surface area (Å²) in [7, 11) is 0. The molecule has 0 spiro atoms. The molecule has 2 aromatic rings. The van der Waals surface area contributed by atoms with Gasteiger partial charge in [0, 0.05) is 23.8 Å². The molecule has 1 N–H and O–H groups in total. The van der Waals surface area contributed by atoms with Crippen molar-refractivity contribution in [2.45, 2.75) is 44.7 Å². The fourth-order valence-corrected chi connectivity index (χ4v) is 4.15. The van der Waals surface area contributed by atoms with Crippen LogP contribution in [0.3, 0.4) is 0 Å². The number of para-hydroxylation sites is 1. The minimum atomic E-state index is 0.381. The van der Waals surface area contributed by atoms with Crippen molar-refractivity contribution in [3.05, 3.63) is 48.3 Å². The van der Waals surface area contributed by atoms with E-state index in [1.165, 1.54) is 31.2 Å². The third-order valence-electron chi connectivity index (χ3n) is 5.33. The van der Waals surface area contributed by atoms with E-state index in [2.05, 4.69) is 35.7 Å². The predicted octanol–water partition coefficient (Wildman–Crippen LogP) is 3.71. The van der Waals surface area contributed by atoms with E-state index in [-0.39, 0.29) is 0 Å². The average molecular weight is 281 g/mol. The highest BCUT2D eigenvalue weighted by molar-refractivity contribution is 5.31. The standard InChI is InChI=1S/C18H23N3/c1-13(20-18-10-14-7-8-15(18)9-14)16-11-19-21(12-16)17-5-3-2-4-6-17/h2-6,11-15,18,20H,7-10H2,1H3. The van der Waals surface area contributed by atoms with Crippen LogP contribution in [0, 0.1) is 11.8 Å². The van der Waals surface area contributed by atoms with Crippen molar-refractivity contribution in [3.8, 4) is 5.69 Å². The first-order chi connectivity index (χ1) is 10.3. The van der Waals surface area contributed by atoms with Crippen molar-refractivity contribution >= 4 is 0 Å². The molecule has 0 aliphatic heterocycles. The molecule has 0 radical (unpaired) electrons. The number of hydrogen-bond acceptors (Lipinski definition) is 2. The Kier molecular flexibility index (Phi) is 3.30. The molecule has 110 valence electrons. The van der Waals surface area contributed by atoms with Gasteiger partial charge in [-0.05, 0) is 50.2 Å². The molecular formula is C18H23N3. The van der Waals surface area contributed by atoms with E-state index in [1.807, 2.05) is 29.1 Å². The van der Waals surface area contributed by atoms with E-state index in [4.69, 9.17) is 0 Å². The quantitative estimate of drug-likeness (QED) is 0.926. The van der Waals surface area contributed by atoms with Crippen molar-refractivity contribution in [2.24, 2.45) is 11.8 Å². The Morgan fingerprint density at radius 2 is 2.05 bits per heavy atom. The van der Waals surface area contributed by atoms with Crippen LogP contribution in [0.15, 0.2) is 42.7 Å². The first-order valence-corrected chi connectivity index (χ1v) is 8.15. The lowest BCUT2D eigenvalue weighted by atomic mass is 9.94. The van der Waals surface area contributed by atoms with E-state index in [0.717, 1.165) is 23.6 Å². The first-order valence-electron chi connectivity index (χ1n) is 8.15. The number of benzene rings is 1. The van der Waals surface area contributed by atoms with Crippen molar-refractivity contribution in [1.82, 2.24) is 15.1 Å². The van der Waals surface area contributed by atoms with Gasteiger partial charge in [0.25, 0.3) is 0 Å². The molecule has 2 fully saturated rings. The molecule has 0 amide bonds. The Hall–Kier alpha value is -1.61. The summed E-state index contributed by atoms with van der Waals surface area (Å²) in [5, 5.41) is 8.34. The molecule has 3 heteroatoms. The van der Waals surface area contributed by atoms with Crippen LogP contribution < -0.4 is 5.32 Å². The van der Waals surface area contributed by atoms with Crippen LogP contribution in [-0.4, -0.2) is 15.8 Å². The van der Waals surface area contributed by atoms with Crippen LogP contribution in [0.25, 0.3) is 5.69 Å². The molecule has 2 aliphatic rings. The van der Waals surface area contributed by atoms with Crippen LogP contribution in [0.1, 0.15) is 44.2 Å². The van der Waals surface area contributed by atoms with E-state index in [0.29, 0.717) is 6.04 Å². The van der Waals surface area contributed by atoms with Gasteiger partial charge in [-0.2, -0.15) is 5.10 Å². The first kappa shape index (κ1) is 13.1. The molecule has 3 nitrogen and oxygen atoms in total. The molecule has 1 heterocycles. The maximum Gasteiger partial charge on any atom is 0.0645 e. The third-order valence-corrected chi connectivity index (χ3v) is 5.33. The van der Waals surface area contributed by atoms with Crippen LogP contribution in [0.5, 0.6) is 0 Å². The lowest BCUT2D eigenvalue weighted by Gasteiger charge is -2.26. The molecule has 2 bridgehead atoms. The summed E-state index contributed by atoms with van der Waals surface area (Å²) >= 11 is 0. The number of fused-ring (bicyclic) bond motifs is 2. The number of aromatic nitrogens is 2. The number of nitrogens with one attached hydrogen (secondary N) is 1. The summed E-state index contributed by atoms with van der Waals surface area (Å²) < 4.78 is 1.97. The van der Waals surface area contributed by atoms with Crippen molar-refractivity contribution in [2.75, 3.05) is 0 Å². The Balaban J connectivity index is 1.45. The second-order valence-corrected chi connectivity index (χ2v) is 6.72. The largest absolute Gasteiger partial charge is 0.307 e. The Bertz CT molecular complexity index is 604. The summed E-state index contributed by atoms with van der Waals surface area (Å²) in [6, 6.07) is 11.4. The maximum atomic E-state index is 4.51. The number of nitrogens with zero attached hydrogens (tertiary/aromatic N) is 2. The van der Waals surface area contributed by atoms with E-state index in [1.54, 1.807) is 0 Å². The van der Waals surface area contributed by atoms with Crippen molar-refractivity contribution < 1.29 is 0 Å². The topological polar surface area (TPSA) is 29.9 Å². The van der Waals surface area contributed by atoms with Gasteiger partial charge in [-0.3, -0.25) is 0 Å². The van der Waals surface area contributed by atoms with Gasteiger partial charge in [0.15, 0.2) is 0 Å². The van der Waals surface area contributed by atoms with Gasteiger partial charge in [0.2, 0.25) is 0 Å². The SMILES string of the molecule is CC(NC1CC2CCC1C2)c1cnn(-c2ccccc2)c1. The molecule has 2 saturated carbocycles. The second-order valence-electron chi connectivity index (χ2n) is 6.72. The van der Waals surface area contributed by atoms with E-state index in [9.17, 15) is 0 Å². The van der Waals surface area contributed by atoms with Gasteiger partial charge in [-0.1, -0.05) is 24.6 Å². The van der Waals surface area contributed by atoms with Gasteiger partial charge < -0.3 is 5.32 Å². The van der Waals surface area contributed by atoms with Gasteiger partial charge >= 0.3 is 0 Å². The zero-order valence-electron chi connectivity index (χ0n) is 12.6. The average Bonchev–Trinajstić information content (AvgIpc) is 3.24. The lowest BCUT2D eigenvalue weighted by Crippen LogP contribution is -2.35. The van der Waals surface area contributed by atoms with Gasteiger partial charge in [-0.15, -0.1) is 0 Å². The van der Waals surface area contributed by atoms with Crippen LogP contribution in [0.2, 0.25) is 0 Å². The number of hydrogen-bond donors (Lipinski definition) is 1. The summed E-state index contributed by atoms with van der Waals surface area (Å²) in [5.41, 5.74) is 2.40. The molecule has 2 aliphatic carbocycles. The monoisotopic (exact) mass is 281 g/mol. The molecule has 4 rings (SSSR count). The van der Waals surface area contributed by atoms with Gasteiger partial charge in [0.05, 0.1) is 11.9 Å². The lowest BCUT2D eigenvalue weighted by molar-refractivity contribution is 0.327. The van der Waals surface area contributed by atoms with Crippen molar-refractivity contribution in [3.63, 3.8) is 0 Å². The number of rotatable bonds is 4. The highest BCUT2D eigenvalue weighted by Gasteiger charge is 2.39. The minimum absolute atomic E-state index is 0.381. The Labute approximate surface area is 126 Å². The summed E-state index contributed by atoms with van der Waals surface area (Å²) in [5.74, 6) is 1.91. The predicted molar refractivity (Wildman–Crippen MR) is 84.4 cm³/mol. The smallest absolute Gasteiger partial charge is 0.0645 e. The molecule has 4 unspecified atom stereocenters. The third kappa shape index (κ3) is 2.51. The van der Waals surface area contributed by atoms with E-state index < -0.39 is 0 Å². The highest BCUT2D eigenvalue weighted by Crippen LogP contribution is 2.45. The molecule has 0 saturated heterocycles. The van der Waals surface area contributed by atoms with Crippen molar-refractivity contribution in [1.29, 1.82) is 0 Å². The molecule has 4 atom stereocenters. The van der Waals surface area contributed by atoms with Gasteiger partial charge in [0.1, 0.15) is 0 Å². The zero-order valence-corrected chi connectivity index (χ0v) is 12.6. The van der Waals surface area contributed by atoms with E-state index >= 15 is 0 Å². The fraction of sp³-hybridized carbons (Fsp3) is 0.500. The Morgan fingerprint density at radius 1 is 1.19 bits per heavy atom.